The van der Waals surface area contributed by atoms with Gasteiger partial charge in [0.05, 0.1) is 11.4 Å². The zero-order chi connectivity index (χ0) is 17.8. The number of benzene rings is 1. The molecule has 0 aromatic heterocycles. The Bertz CT molecular complexity index is 749. The van der Waals surface area contributed by atoms with Crippen LogP contribution in [-0.2, 0) is 0 Å². The van der Waals surface area contributed by atoms with Crippen molar-refractivity contribution in [1.82, 2.24) is 10.6 Å². The summed E-state index contributed by atoms with van der Waals surface area (Å²) in [5.41, 5.74) is 6.14. The van der Waals surface area contributed by atoms with Gasteiger partial charge in [0.2, 0.25) is 0 Å². The van der Waals surface area contributed by atoms with Gasteiger partial charge in [-0.15, -0.1) is 0 Å². The Morgan fingerprint density at radius 2 is 2.04 bits per heavy atom. The number of aliphatic imine (C=N–C) groups is 1. The summed E-state index contributed by atoms with van der Waals surface area (Å²) in [5, 5.41) is 7.08. The van der Waals surface area contributed by atoms with Gasteiger partial charge in [0.15, 0.2) is 0 Å². The minimum Gasteiger partial charge on any atom is -0.378 e. The van der Waals surface area contributed by atoms with E-state index in [1.54, 1.807) is 0 Å². The van der Waals surface area contributed by atoms with Crippen molar-refractivity contribution in [3.63, 3.8) is 0 Å². The molecule has 0 saturated heterocycles. The number of nitrogens with zero attached hydrogens (tertiary/aromatic N) is 1. The number of hydrogen-bond donors (Lipinski definition) is 2. The van der Waals surface area contributed by atoms with Crippen molar-refractivity contribution >= 4 is 6.21 Å². The number of allylic oxidation sites excluding steroid dienone is 3. The molecule has 1 heterocycles. The van der Waals surface area contributed by atoms with Crippen LogP contribution in [0.2, 0.25) is 0 Å². The number of hydrogen-bond acceptors (Lipinski definition) is 3. The normalized spacial score (nSPS) is 18.5. The lowest BCUT2D eigenvalue weighted by Crippen LogP contribution is -2.22. The van der Waals surface area contributed by atoms with Gasteiger partial charge < -0.3 is 10.6 Å². The predicted octanol–water partition coefficient (Wildman–Crippen LogP) is 5.00. The molecule has 0 spiro atoms. The van der Waals surface area contributed by atoms with Crippen LogP contribution in [0.5, 0.6) is 0 Å². The molecule has 1 atom stereocenters. The third-order valence-electron chi connectivity index (χ3n) is 4.63. The van der Waals surface area contributed by atoms with Crippen molar-refractivity contribution in [2.45, 2.75) is 39.2 Å². The molecule has 2 aliphatic rings. The van der Waals surface area contributed by atoms with E-state index < -0.39 is 0 Å². The van der Waals surface area contributed by atoms with Gasteiger partial charge in [-0.05, 0) is 37.7 Å². The molecule has 1 saturated carbocycles. The van der Waals surface area contributed by atoms with Crippen LogP contribution >= 0.6 is 0 Å². The molecule has 0 radical (unpaired) electrons. The first kappa shape index (κ1) is 17.3. The quantitative estimate of drug-likeness (QED) is 0.702. The van der Waals surface area contributed by atoms with E-state index in [-0.39, 0.29) is 6.04 Å². The summed E-state index contributed by atoms with van der Waals surface area (Å²) in [4.78, 5) is 4.41. The molecular formula is C22H27N3. The Kier molecular flexibility index (Phi) is 5.22. The molecule has 1 aromatic carbocycles. The van der Waals surface area contributed by atoms with Gasteiger partial charge in [0.25, 0.3) is 0 Å². The zero-order valence-electron chi connectivity index (χ0n) is 15.2. The molecule has 1 aliphatic carbocycles. The lowest BCUT2D eigenvalue weighted by molar-refractivity contribution is 0.663. The van der Waals surface area contributed by atoms with E-state index in [2.05, 4.69) is 73.0 Å². The molecule has 1 aliphatic heterocycles. The average molecular weight is 333 g/mol. The molecular weight excluding hydrogens is 306 g/mol. The van der Waals surface area contributed by atoms with Crippen LogP contribution in [0, 0.1) is 5.92 Å². The smallest absolute Gasteiger partial charge is 0.0800 e. The van der Waals surface area contributed by atoms with E-state index >= 15 is 0 Å². The summed E-state index contributed by atoms with van der Waals surface area (Å²) in [6, 6.07) is 10.6. The van der Waals surface area contributed by atoms with Crippen molar-refractivity contribution in [2.24, 2.45) is 10.9 Å². The Morgan fingerprint density at radius 1 is 1.32 bits per heavy atom. The van der Waals surface area contributed by atoms with E-state index in [0.29, 0.717) is 5.92 Å². The topological polar surface area (TPSA) is 36.4 Å². The van der Waals surface area contributed by atoms with Gasteiger partial charge in [0.1, 0.15) is 0 Å². The fraction of sp³-hybridized carbons (Fsp3) is 0.318. The standard InChI is InChI=1S/C22H27N3/c1-5-9-21(19-12-13-19)25-22-17(4)23-14-20(22)16(3)24-15(2)18-10-7-6-8-11-18/h6-11,14-15,19,24-25H,3-5,12-13H2,1-2H3/b21-9-/t15-/m0/s1. The molecule has 3 heteroatoms. The average Bonchev–Trinajstić information content (AvgIpc) is 3.40. The molecule has 3 nitrogen and oxygen atoms in total. The van der Waals surface area contributed by atoms with Crippen LogP contribution in [0.3, 0.4) is 0 Å². The van der Waals surface area contributed by atoms with E-state index in [1.165, 1.54) is 24.1 Å². The van der Waals surface area contributed by atoms with Gasteiger partial charge in [-0.2, -0.15) is 0 Å². The third-order valence-corrected chi connectivity index (χ3v) is 4.63. The fourth-order valence-electron chi connectivity index (χ4n) is 3.04. The minimum atomic E-state index is 0.179. The highest BCUT2D eigenvalue weighted by molar-refractivity contribution is 5.90. The van der Waals surface area contributed by atoms with Crippen LogP contribution in [-0.4, -0.2) is 6.21 Å². The first-order chi connectivity index (χ1) is 12.1. The molecule has 0 bridgehead atoms. The molecule has 1 fully saturated rings. The van der Waals surface area contributed by atoms with E-state index in [0.717, 1.165) is 29.1 Å². The first-order valence-corrected chi connectivity index (χ1v) is 9.05. The van der Waals surface area contributed by atoms with Gasteiger partial charge >= 0.3 is 0 Å². The highest BCUT2D eigenvalue weighted by atomic mass is 15.0. The van der Waals surface area contributed by atoms with Crippen molar-refractivity contribution < 1.29 is 0 Å². The maximum Gasteiger partial charge on any atom is 0.0800 e. The maximum absolute atomic E-state index is 4.41. The van der Waals surface area contributed by atoms with Gasteiger partial charge in [0, 0.05) is 29.2 Å². The fourth-order valence-corrected chi connectivity index (χ4v) is 3.04. The molecule has 2 N–H and O–H groups in total. The van der Waals surface area contributed by atoms with Crippen LogP contribution < -0.4 is 10.6 Å². The summed E-state index contributed by atoms with van der Waals surface area (Å²) in [6.45, 7) is 12.6. The molecule has 3 rings (SSSR count). The monoisotopic (exact) mass is 333 g/mol. The van der Waals surface area contributed by atoms with Crippen LogP contribution in [0.4, 0.5) is 0 Å². The lowest BCUT2D eigenvalue weighted by Gasteiger charge is -2.20. The Balaban J connectivity index is 1.76. The SMILES string of the molecule is C=C1N=CC(C(=C)N[C@@H](C)c2ccccc2)=C1N/C(=C\CC)C1CC1. The maximum atomic E-state index is 4.41. The lowest BCUT2D eigenvalue weighted by atomic mass is 10.1. The van der Waals surface area contributed by atoms with E-state index in [1.807, 2.05) is 12.3 Å². The second-order valence-corrected chi connectivity index (χ2v) is 6.72. The summed E-state index contributed by atoms with van der Waals surface area (Å²) in [5.74, 6) is 0.659. The second kappa shape index (κ2) is 7.56. The molecule has 1 aromatic rings. The zero-order valence-corrected chi connectivity index (χ0v) is 15.2. The van der Waals surface area contributed by atoms with E-state index in [4.69, 9.17) is 0 Å². The first-order valence-electron chi connectivity index (χ1n) is 9.05. The number of rotatable bonds is 8. The van der Waals surface area contributed by atoms with Gasteiger partial charge in [-0.1, -0.05) is 56.5 Å². The van der Waals surface area contributed by atoms with Crippen molar-refractivity contribution in [1.29, 1.82) is 0 Å². The molecule has 0 amide bonds. The Labute approximate surface area is 150 Å². The Morgan fingerprint density at radius 3 is 2.68 bits per heavy atom. The molecule has 130 valence electrons. The Hall–Kier alpha value is -2.55. The third kappa shape index (κ3) is 4.11. The largest absolute Gasteiger partial charge is 0.378 e. The van der Waals surface area contributed by atoms with E-state index in [9.17, 15) is 0 Å². The highest BCUT2D eigenvalue weighted by Gasteiger charge is 2.28. The van der Waals surface area contributed by atoms with Crippen molar-refractivity contribution in [3.8, 4) is 0 Å². The molecule has 25 heavy (non-hydrogen) atoms. The summed E-state index contributed by atoms with van der Waals surface area (Å²) in [7, 11) is 0. The van der Waals surface area contributed by atoms with Crippen LogP contribution in [0.25, 0.3) is 0 Å². The van der Waals surface area contributed by atoms with Crippen LogP contribution in [0.1, 0.15) is 44.7 Å². The highest BCUT2D eigenvalue weighted by Crippen LogP contribution is 2.37. The number of nitrogens with one attached hydrogen (secondary N) is 2. The summed E-state index contributed by atoms with van der Waals surface area (Å²) in [6.07, 6.45) is 7.68. The van der Waals surface area contributed by atoms with Crippen molar-refractivity contribution in [2.75, 3.05) is 0 Å². The van der Waals surface area contributed by atoms with Crippen LogP contribution in [0.15, 0.2) is 82.9 Å². The molecule has 0 unspecified atom stereocenters. The minimum absolute atomic E-state index is 0.179. The van der Waals surface area contributed by atoms with Gasteiger partial charge in [-0.3, -0.25) is 4.99 Å². The predicted molar refractivity (Wildman–Crippen MR) is 106 cm³/mol. The summed E-state index contributed by atoms with van der Waals surface area (Å²) >= 11 is 0. The second-order valence-electron chi connectivity index (χ2n) is 6.72. The van der Waals surface area contributed by atoms with Crippen molar-refractivity contribution in [3.05, 3.63) is 83.5 Å². The summed E-state index contributed by atoms with van der Waals surface area (Å²) < 4.78 is 0. The van der Waals surface area contributed by atoms with Gasteiger partial charge in [-0.25, -0.2) is 0 Å².